The highest BCUT2D eigenvalue weighted by Crippen LogP contribution is 2.48. The number of imidazole rings is 1. The smallest absolute Gasteiger partial charge is 0.340 e. The fourth-order valence-electron chi connectivity index (χ4n) is 2.39. The molecule has 34 heavy (non-hydrogen) atoms. The van der Waals surface area contributed by atoms with E-state index in [1.165, 1.54) is 6.34 Å². The lowest BCUT2D eigenvalue weighted by atomic mass is 9.98. The van der Waals surface area contributed by atoms with E-state index in [0.29, 0.717) is 18.1 Å². The van der Waals surface area contributed by atoms with Crippen molar-refractivity contribution in [1.29, 1.82) is 0 Å². The molecule has 11 nitrogen and oxygen atoms in total. The van der Waals surface area contributed by atoms with Gasteiger partial charge in [-0.2, -0.15) is 0 Å². The molecule has 0 saturated carbocycles. The lowest BCUT2D eigenvalue weighted by Gasteiger charge is -2.21. The molecule has 1 aromatic heterocycles. The van der Waals surface area contributed by atoms with Crippen LogP contribution in [0.25, 0.3) is 0 Å². The van der Waals surface area contributed by atoms with Crippen LogP contribution in [0.4, 0.5) is 5.82 Å². The van der Waals surface area contributed by atoms with Gasteiger partial charge in [0, 0.05) is 6.54 Å². The predicted molar refractivity (Wildman–Crippen MR) is 128 cm³/mol. The molecular formula is C21H32ClN4O7P. The maximum atomic E-state index is 13.2. The molecule has 190 valence electrons. The predicted octanol–water partition coefficient (Wildman–Crippen LogP) is 4.45. The molecule has 0 fully saturated rings. The SMILES string of the molecule is CC(C)(C)C(=O)OCOP(=O)(C/C=C/Cn1cnc2c1NC=NC2Cl)OCOC(=O)C(C)(C)C. The average molecular weight is 519 g/mol. The van der Waals surface area contributed by atoms with Crippen molar-refractivity contribution in [3.63, 3.8) is 0 Å². The number of nitrogens with zero attached hydrogens (tertiary/aromatic N) is 3. The van der Waals surface area contributed by atoms with Crippen LogP contribution in [-0.2, 0) is 39.2 Å². The number of hydrogen-bond acceptors (Lipinski definition) is 10. The van der Waals surface area contributed by atoms with Crippen molar-refractivity contribution in [3.8, 4) is 0 Å². The fraction of sp³-hybridized carbons (Fsp3) is 0.619. The van der Waals surface area contributed by atoms with E-state index >= 15 is 0 Å². The Bertz CT molecular complexity index is 943. The first kappa shape index (κ1) is 28.0. The van der Waals surface area contributed by atoms with E-state index in [9.17, 15) is 14.2 Å². The Morgan fingerprint density at radius 2 is 1.65 bits per heavy atom. The summed E-state index contributed by atoms with van der Waals surface area (Å²) < 4.78 is 35.6. The van der Waals surface area contributed by atoms with E-state index < -0.39 is 49.5 Å². The van der Waals surface area contributed by atoms with Gasteiger partial charge in [-0.15, -0.1) is 0 Å². The van der Waals surface area contributed by atoms with Crippen molar-refractivity contribution in [1.82, 2.24) is 9.55 Å². The average Bonchev–Trinajstić information content (AvgIpc) is 3.14. The van der Waals surface area contributed by atoms with E-state index in [1.54, 1.807) is 64.6 Å². The normalized spacial score (nSPS) is 16.3. The molecule has 1 N–H and O–H groups in total. The number of esters is 2. The second-order valence-electron chi connectivity index (χ2n) is 9.51. The number of carbonyl (C=O) groups is 2. The summed E-state index contributed by atoms with van der Waals surface area (Å²) >= 11 is 6.11. The Balaban J connectivity index is 1.98. The molecule has 1 aliphatic heterocycles. The number of aromatic nitrogens is 2. The number of carbonyl (C=O) groups excluding carboxylic acids is 2. The van der Waals surface area contributed by atoms with Crippen LogP contribution in [0.15, 0.2) is 23.5 Å². The summed E-state index contributed by atoms with van der Waals surface area (Å²) in [6, 6.07) is 0. The van der Waals surface area contributed by atoms with Crippen molar-refractivity contribution < 1.29 is 32.7 Å². The number of hydrogen-bond donors (Lipinski definition) is 1. The third-order valence-corrected chi connectivity index (χ3v) is 6.37. The Labute approximate surface area is 204 Å². The molecule has 0 spiro atoms. The highest BCUT2D eigenvalue weighted by molar-refractivity contribution is 7.54. The second-order valence-corrected chi connectivity index (χ2v) is 12.0. The first-order valence-electron chi connectivity index (χ1n) is 10.6. The molecule has 1 aliphatic rings. The molecule has 1 unspecified atom stereocenters. The minimum Gasteiger partial charge on any atom is -0.438 e. The summed E-state index contributed by atoms with van der Waals surface area (Å²) in [5.74, 6) is -0.335. The summed E-state index contributed by atoms with van der Waals surface area (Å²) in [4.78, 5) is 32.2. The molecule has 1 atom stereocenters. The number of anilines is 1. The van der Waals surface area contributed by atoms with Crippen LogP contribution >= 0.6 is 19.2 Å². The van der Waals surface area contributed by atoms with Gasteiger partial charge in [-0.3, -0.25) is 23.2 Å². The molecule has 0 aromatic carbocycles. The fourth-order valence-corrected chi connectivity index (χ4v) is 3.73. The Morgan fingerprint density at radius 3 is 2.18 bits per heavy atom. The van der Waals surface area contributed by atoms with Gasteiger partial charge < -0.3 is 19.4 Å². The third kappa shape index (κ3) is 8.23. The Kier molecular flexibility index (Phi) is 9.47. The molecular weight excluding hydrogens is 487 g/mol. The topological polar surface area (TPSA) is 130 Å². The van der Waals surface area contributed by atoms with Gasteiger partial charge in [0.1, 0.15) is 11.5 Å². The van der Waals surface area contributed by atoms with Gasteiger partial charge in [-0.1, -0.05) is 23.8 Å². The van der Waals surface area contributed by atoms with Crippen LogP contribution in [0.1, 0.15) is 52.7 Å². The molecule has 13 heteroatoms. The van der Waals surface area contributed by atoms with Crippen LogP contribution in [0.3, 0.4) is 0 Å². The number of fused-ring (bicyclic) bond motifs is 1. The summed E-state index contributed by atoms with van der Waals surface area (Å²) in [6.45, 7) is 9.36. The number of ether oxygens (including phenoxy) is 2. The largest absolute Gasteiger partial charge is 0.438 e. The summed E-state index contributed by atoms with van der Waals surface area (Å²) in [7, 11) is -3.80. The van der Waals surface area contributed by atoms with Crippen LogP contribution in [0.2, 0.25) is 0 Å². The van der Waals surface area contributed by atoms with Gasteiger partial charge in [-0.25, -0.2) is 9.98 Å². The summed E-state index contributed by atoms with van der Waals surface area (Å²) in [5.41, 5.74) is -1.45. The Morgan fingerprint density at radius 1 is 1.09 bits per heavy atom. The zero-order valence-corrected chi connectivity index (χ0v) is 21.9. The number of allylic oxidation sites excluding steroid dienone is 2. The lowest BCUT2D eigenvalue weighted by Crippen LogP contribution is -2.25. The van der Waals surface area contributed by atoms with Gasteiger partial charge in [0.15, 0.2) is 5.50 Å². The molecule has 0 radical (unpaired) electrons. The zero-order valence-electron chi connectivity index (χ0n) is 20.2. The molecule has 1 aromatic rings. The van der Waals surface area contributed by atoms with Gasteiger partial charge in [-0.05, 0) is 41.5 Å². The van der Waals surface area contributed by atoms with Crippen molar-refractivity contribution in [2.24, 2.45) is 15.8 Å². The monoisotopic (exact) mass is 518 g/mol. The molecule has 2 rings (SSSR count). The number of nitrogens with one attached hydrogen (secondary N) is 1. The summed E-state index contributed by atoms with van der Waals surface area (Å²) in [5, 5.41) is 2.99. The highest BCUT2D eigenvalue weighted by Gasteiger charge is 2.29. The molecule has 0 amide bonds. The van der Waals surface area contributed by atoms with Crippen LogP contribution in [0, 0.1) is 10.8 Å². The van der Waals surface area contributed by atoms with Crippen LogP contribution < -0.4 is 5.32 Å². The van der Waals surface area contributed by atoms with Crippen LogP contribution in [-0.4, -0.2) is 47.6 Å². The second kappa shape index (κ2) is 11.5. The van der Waals surface area contributed by atoms with E-state index in [0.717, 1.165) is 0 Å². The van der Waals surface area contributed by atoms with Gasteiger partial charge >= 0.3 is 19.5 Å². The number of alkyl halides is 1. The minimum atomic E-state index is -3.80. The van der Waals surface area contributed by atoms with Gasteiger partial charge in [0.25, 0.3) is 0 Å². The maximum Gasteiger partial charge on any atom is 0.340 e. The minimum absolute atomic E-state index is 0.142. The van der Waals surface area contributed by atoms with Crippen molar-refractivity contribution in [2.75, 3.05) is 25.1 Å². The van der Waals surface area contributed by atoms with Crippen molar-refractivity contribution in [2.45, 2.75) is 53.6 Å². The molecule has 0 aliphatic carbocycles. The Hall–Kier alpha value is -2.20. The summed E-state index contributed by atoms with van der Waals surface area (Å²) in [6.07, 6.45) is 6.29. The van der Waals surface area contributed by atoms with Gasteiger partial charge in [0.2, 0.25) is 13.6 Å². The third-order valence-electron chi connectivity index (χ3n) is 4.40. The highest BCUT2D eigenvalue weighted by atomic mass is 35.5. The first-order chi connectivity index (χ1) is 15.7. The van der Waals surface area contributed by atoms with E-state index in [2.05, 4.69) is 15.3 Å². The van der Waals surface area contributed by atoms with Crippen LogP contribution in [0.5, 0.6) is 0 Å². The number of halogens is 1. The van der Waals surface area contributed by atoms with E-state index in [-0.39, 0.29) is 6.16 Å². The maximum absolute atomic E-state index is 13.2. The molecule has 0 bridgehead atoms. The van der Waals surface area contributed by atoms with Crippen molar-refractivity contribution >= 4 is 43.3 Å². The standard InChI is InChI=1S/C21H32ClN4O7P/c1-20(2,3)18(27)30-13-32-34(29,33-14-31-19(28)21(4,5)6)10-8-7-9-26-12-25-15-16(22)23-11-24-17(15)26/h7-8,11-12,16H,9-10,13-14H2,1-6H3,(H,23,24)/b8-7+. The lowest BCUT2D eigenvalue weighted by molar-refractivity contribution is -0.161. The van der Waals surface area contributed by atoms with E-state index in [4.69, 9.17) is 30.1 Å². The quantitative estimate of drug-likeness (QED) is 0.119. The zero-order chi connectivity index (χ0) is 25.6. The van der Waals surface area contributed by atoms with Crippen molar-refractivity contribution in [3.05, 3.63) is 24.2 Å². The number of aliphatic imine (C=N–C) groups is 1. The first-order valence-corrected chi connectivity index (χ1v) is 12.7. The molecule has 2 heterocycles. The number of rotatable bonds is 10. The molecule has 0 saturated heterocycles. The van der Waals surface area contributed by atoms with Gasteiger partial charge in [0.05, 0.1) is 29.7 Å². The van der Waals surface area contributed by atoms with E-state index in [1.807, 2.05) is 0 Å².